The van der Waals surface area contributed by atoms with Gasteiger partial charge < -0.3 is 4.74 Å². The SMILES string of the molecule is COc1c(I)ccc(C(C)=O)c1[N+](=O)[O-]. The van der Waals surface area contributed by atoms with E-state index in [0.29, 0.717) is 3.57 Å². The third-order valence-electron chi connectivity index (χ3n) is 1.85. The second-order valence-corrected chi connectivity index (χ2v) is 3.95. The summed E-state index contributed by atoms with van der Waals surface area (Å²) in [4.78, 5) is 21.4. The molecule has 0 spiro atoms. The van der Waals surface area contributed by atoms with Crippen molar-refractivity contribution in [2.45, 2.75) is 6.92 Å². The Labute approximate surface area is 99.7 Å². The van der Waals surface area contributed by atoms with Crippen LogP contribution in [0.25, 0.3) is 0 Å². The number of ketones is 1. The molecule has 0 bridgehead atoms. The molecule has 0 fully saturated rings. The first kappa shape index (κ1) is 11.9. The van der Waals surface area contributed by atoms with Crippen molar-refractivity contribution in [3.8, 4) is 5.75 Å². The van der Waals surface area contributed by atoms with E-state index in [4.69, 9.17) is 4.74 Å². The fraction of sp³-hybridized carbons (Fsp3) is 0.222. The van der Waals surface area contributed by atoms with Gasteiger partial charge in [0.2, 0.25) is 5.75 Å². The third kappa shape index (κ3) is 2.25. The molecule has 0 saturated carbocycles. The molecule has 6 heteroatoms. The van der Waals surface area contributed by atoms with Crippen molar-refractivity contribution < 1.29 is 14.5 Å². The Morgan fingerprint density at radius 2 is 2.13 bits per heavy atom. The van der Waals surface area contributed by atoms with Crippen molar-refractivity contribution in [3.63, 3.8) is 0 Å². The van der Waals surface area contributed by atoms with E-state index in [1.54, 1.807) is 6.07 Å². The number of nitro groups is 1. The maximum Gasteiger partial charge on any atom is 0.322 e. The van der Waals surface area contributed by atoms with Crippen LogP contribution in [0.15, 0.2) is 12.1 Å². The molecule has 15 heavy (non-hydrogen) atoms. The predicted octanol–water partition coefficient (Wildman–Crippen LogP) is 2.41. The Kier molecular flexibility index (Phi) is 3.61. The monoisotopic (exact) mass is 321 g/mol. The van der Waals surface area contributed by atoms with Crippen LogP contribution in [-0.4, -0.2) is 17.8 Å². The molecule has 1 aromatic rings. The molecule has 1 aromatic carbocycles. The first-order valence-corrected chi connectivity index (χ1v) is 5.08. The lowest BCUT2D eigenvalue weighted by atomic mass is 10.1. The van der Waals surface area contributed by atoms with Gasteiger partial charge in [-0.3, -0.25) is 14.9 Å². The van der Waals surface area contributed by atoms with Crippen molar-refractivity contribution >= 4 is 34.1 Å². The summed E-state index contributed by atoms with van der Waals surface area (Å²) >= 11 is 1.92. The minimum Gasteiger partial charge on any atom is -0.489 e. The third-order valence-corrected chi connectivity index (χ3v) is 2.70. The normalized spacial score (nSPS) is 9.80. The number of Topliss-reactive ketones (excluding diaryl/α,β-unsaturated/α-hetero) is 1. The lowest BCUT2D eigenvalue weighted by Gasteiger charge is -2.06. The number of hydrogen-bond acceptors (Lipinski definition) is 4. The molecule has 0 aliphatic carbocycles. The number of benzene rings is 1. The van der Waals surface area contributed by atoms with E-state index in [1.165, 1.54) is 20.1 Å². The van der Waals surface area contributed by atoms with Crippen molar-refractivity contribution in [2.24, 2.45) is 0 Å². The predicted molar refractivity (Wildman–Crippen MR) is 62.4 cm³/mol. The number of carbonyl (C=O) groups excluding carboxylic acids is 1. The molecule has 0 saturated heterocycles. The molecule has 0 aliphatic heterocycles. The van der Waals surface area contributed by atoms with Gasteiger partial charge in [0.05, 0.1) is 21.2 Å². The number of ether oxygens (including phenoxy) is 1. The summed E-state index contributed by atoms with van der Waals surface area (Å²) < 4.78 is 5.53. The largest absolute Gasteiger partial charge is 0.489 e. The van der Waals surface area contributed by atoms with Gasteiger partial charge in [-0.25, -0.2) is 0 Å². The van der Waals surface area contributed by atoms with Gasteiger partial charge in [0, 0.05) is 0 Å². The van der Waals surface area contributed by atoms with Crippen LogP contribution in [0.3, 0.4) is 0 Å². The van der Waals surface area contributed by atoms with Crippen molar-refractivity contribution in [1.82, 2.24) is 0 Å². The van der Waals surface area contributed by atoms with Gasteiger partial charge >= 0.3 is 5.69 Å². The molecule has 0 heterocycles. The van der Waals surface area contributed by atoms with Crippen molar-refractivity contribution in [3.05, 3.63) is 31.4 Å². The molecule has 0 unspecified atom stereocenters. The summed E-state index contributed by atoms with van der Waals surface area (Å²) in [7, 11) is 1.34. The quantitative estimate of drug-likeness (QED) is 0.371. The highest BCUT2D eigenvalue weighted by Crippen LogP contribution is 2.35. The lowest BCUT2D eigenvalue weighted by molar-refractivity contribution is -0.386. The summed E-state index contributed by atoms with van der Waals surface area (Å²) in [5.74, 6) is -0.218. The van der Waals surface area contributed by atoms with Gasteiger partial charge in [-0.2, -0.15) is 0 Å². The standard InChI is InChI=1S/C9H8INO4/c1-5(12)6-3-4-7(10)9(15-2)8(6)11(13)14/h3-4H,1-2H3. The number of nitrogens with zero attached hydrogens (tertiary/aromatic N) is 1. The van der Waals surface area contributed by atoms with Gasteiger partial charge in [-0.05, 0) is 41.6 Å². The molecular formula is C9H8INO4. The van der Waals surface area contributed by atoms with E-state index in [9.17, 15) is 14.9 Å². The Balaban J connectivity index is 3.56. The zero-order valence-corrected chi connectivity index (χ0v) is 10.3. The average Bonchev–Trinajstić information content (AvgIpc) is 2.16. The summed E-state index contributed by atoms with van der Waals surface area (Å²) in [6.07, 6.45) is 0. The molecule has 5 nitrogen and oxygen atoms in total. The van der Waals surface area contributed by atoms with Crippen LogP contribution in [-0.2, 0) is 0 Å². The van der Waals surface area contributed by atoms with Gasteiger partial charge in [0.1, 0.15) is 0 Å². The number of hydrogen-bond donors (Lipinski definition) is 0. The topological polar surface area (TPSA) is 69.4 Å². The Morgan fingerprint density at radius 3 is 2.53 bits per heavy atom. The highest BCUT2D eigenvalue weighted by atomic mass is 127. The van der Waals surface area contributed by atoms with Crippen LogP contribution < -0.4 is 4.74 Å². The first-order chi connectivity index (χ1) is 6.99. The summed E-state index contributed by atoms with van der Waals surface area (Å²) in [5.41, 5.74) is -0.200. The second kappa shape index (κ2) is 4.56. The Hall–Kier alpha value is -1.18. The molecule has 0 N–H and O–H groups in total. The molecule has 0 radical (unpaired) electrons. The summed E-state index contributed by atoms with van der Waals surface area (Å²) in [5, 5.41) is 10.8. The van der Waals surface area contributed by atoms with Crippen molar-refractivity contribution in [1.29, 1.82) is 0 Å². The maximum atomic E-state index is 11.2. The summed E-state index contributed by atoms with van der Waals surface area (Å²) in [6, 6.07) is 3.05. The van der Waals surface area contributed by atoms with E-state index in [1.807, 2.05) is 22.6 Å². The smallest absolute Gasteiger partial charge is 0.322 e. The van der Waals surface area contributed by atoms with Crippen LogP contribution in [0.1, 0.15) is 17.3 Å². The van der Waals surface area contributed by atoms with E-state index in [2.05, 4.69) is 0 Å². The number of nitro benzene ring substituents is 1. The van der Waals surface area contributed by atoms with Crippen LogP contribution in [0.2, 0.25) is 0 Å². The molecule has 0 amide bonds. The molecule has 0 atom stereocenters. The van der Waals surface area contributed by atoms with Gasteiger partial charge in [-0.1, -0.05) is 0 Å². The van der Waals surface area contributed by atoms with Crippen molar-refractivity contribution in [2.75, 3.05) is 7.11 Å². The highest BCUT2D eigenvalue weighted by Gasteiger charge is 2.25. The number of methoxy groups -OCH3 is 1. The second-order valence-electron chi connectivity index (χ2n) is 2.79. The summed E-state index contributed by atoms with van der Waals surface area (Å²) in [6.45, 7) is 1.29. The van der Waals surface area contributed by atoms with E-state index in [0.717, 1.165) is 0 Å². The number of carbonyl (C=O) groups is 1. The molecular weight excluding hydrogens is 313 g/mol. The molecule has 80 valence electrons. The van der Waals surface area contributed by atoms with Crippen LogP contribution in [0.4, 0.5) is 5.69 Å². The van der Waals surface area contributed by atoms with Gasteiger partial charge in [-0.15, -0.1) is 0 Å². The highest BCUT2D eigenvalue weighted by molar-refractivity contribution is 14.1. The first-order valence-electron chi connectivity index (χ1n) is 4.00. The minimum atomic E-state index is -0.599. The van der Waals surface area contributed by atoms with E-state index >= 15 is 0 Å². The Bertz CT molecular complexity index is 430. The van der Waals surface area contributed by atoms with Crippen LogP contribution in [0, 0.1) is 13.7 Å². The maximum absolute atomic E-state index is 11.2. The number of halogens is 1. The number of rotatable bonds is 3. The molecule has 0 aromatic heterocycles. The molecule has 0 aliphatic rings. The Morgan fingerprint density at radius 1 is 1.53 bits per heavy atom. The fourth-order valence-electron chi connectivity index (χ4n) is 1.21. The zero-order valence-electron chi connectivity index (χ0n) is 8.11. The van der Waals surface area contributed by atoms with Crippen LogP contribution >= 0.6 is 22.6 Å². The molecule has 1 rings (SSSR count). The van der Waals surface area contributed by atoms with Gasteiger partial charge in [0.15, 0.2) is 5.78 Å². The lowest BCUT2D eigenvalue weighted by Crippen LogP contribution is -2.03. The fourth-order valence-corrected chi connectivity index (χ4v) is 1.86. The van der Waals surface area contributed by atoms with Gasteiger partial charge in [0.25, 0.3) is 0 Å². The average molecular weight is 321 g/mol. The minimum absolute atomic E-state index is 0.0669. The zero-order chi connectivity index (χ0) is 11.6. The van der Waals surface area contributed by atoms with E-state index < -0.39 is 4.92 Å². The van der Waals surface area contributed by atoms with Crippen LogP contribution in [0.5, 0.6) is 5.75 Å². The van der Waals surface area contributed by atoms with E-state index in [-0.39, 0.29) is 22.8 Å².